The van der Waals surface area contributed by atoms with E-state index in [-0.39, 0.29) is 11.7 Å². The van der Waals surface area contributed by atoms with Crippen LogP contribution in [0.25, 0.3) is 0 Å². The fraction of sp³-hybridized carbons (Fsp3) is 0.440. The van der Waals surface area contributed by atoms with Crippen molar-refractivity contribution in [3.05, 3.63) is 53.3 Å². The summed E-state index contributed by atoms with van der Waals surface area (Å²) >= 11 is 0. The molecule has 0 aliphatic rings. The Hall–Kier alpha value is -3.07. The van der Waals surface area contributed by atoms with Crippen LogP contribution in [0.4, 0.5) is 26.2 Å². The Labute approximate surface area is 185 Å². The van der Waals surface area contributed by atoms with Gasteiger partial charge in [0, 0.05) is 18.8 Å². The van der Waals surface area contributed by atoms with Crippen molar-refractivity contribution in [2.75, 3.05) is 28.6 Å². The molecule has 2 N–H and O–H groups in total. The first-order valence-corrected chi connectivity index (χ1v) is 10.7. The molecule has 6 heteroatoms. The first kappa shape index (κ1) is 24.2. The summed E-state index contributed by atoms with van der Waals surface area (Å²) in [6, 6.07) is 11.9. The molecule has 0 spiro atoms. The van der Waals surface area contributed by atoms with Crippen molar-refractivity contribution >= 4 is 23.1 Å². The van der Waals surface area contributed by atoms with Crippen LogP contribution < -0.4 is 15.5 Å². The van der Waals surface area contributed by atoms with Crippen LogP contribution in [-0.2, 0) is 0 Å². The zero-order chi connectivity index (χ0) is 23.1. The van der Waals surface area contributed by atoms with E-state index in [0.29, 0.717) is 28.8 Å². The van der Waals surface area contributed by atoms with Gasteiger partial charge in [-0.2, -0.15) is 5.26 Å². The Balaban J connectivity index is 2.38. The molecule has 2 aromatic rings. The number of carbonyl (C=O) groups excluding carboxylic acids is 1. The van der Waals surface area contributed by atoms with E-state index in [0.717, 1.165) is 24.3 Å². The first-order valence-electron chi connectivity index (χ1n) is 10.7. The standard InChI is InChI=1S/C25H33FN4O/c1-16(2)14-30(15-17(3)4)24-10-7-20(19(6)13-27)12-23(24)29-25(31)28-22-9-8-21(26)11-18(22)5/h7-12,16-17,19H,14-15H2,1-6H3,(H2,28,29,31). The molecule has 5 nitrogen and oxygen atoms in total. The Morgan fingerprint density at radius 1 is 1.00 bits per heavy atom. The SMILES string of the molecule is Cc1cc(F)ccc1NC(=O)Nc1cc(C(C)C#N)ccc1N(CC(C)C)CC(C)C. The number of halogens is 1. The van der Waals surface area contributed by atoms with Gasteiger partial charge in [-0.05, 0) is 67.1 Å². The van der Waals surface area contributed by atoms with Crippen LogP contribution in [0.3, 0.4) is 0 Å². The number of hydrogen-bond donors (Lipinski definition) is 2. The molecule has 31 heavy (non-hydrogen) atoms. The summed E-state index contributed by atoms with van der Waals surface area (Å²) in [5.74, 6) is 0.252. The molecule has 0 saturated heterocycles. The van der Waals surface area contributed by atoms with Gasteiger partial charge in [0.25, 0.3) is 0 Å². The van der Waals surface area contributed by atoms with Gasteiger partial charge in [-0.15, -0.1) is 0 Å². The lowest BCUT2D eigenvalue weighted by Gasteiger charge is -2.31. The molecule has 1 unspecified atom stereocenters. The van der Waals surface area contributed by atoms with E-state index in [9.17, 15) is 14.4 Å². The maximum absolute atomic E-state index is 13.4. The van der Waals surface area contributed by atoms with Gasteiger partial charge in [0.2, 0.25) is 0 Å². The Morgan fingerprint density at radius 2 is 1.61 bits per heavy atom. The summed E-state index contributed by atoms with van der Waals surface area (Å²) in [5, 5.41) is 15.1. The summed E-state index contributed by atoms with van der Waals surface area (Å²) in [6.45, 7) is 13.9. The highest BCUT2D eigenvalue weighted by Crippen LogP contribution is 2.31. The van der Waals surface area contributed by atoms with Crippen LogP contribution in [0.1, 0.15) is 51.7 Å². The molecule has 2 rings (SSSR count). The molecule has 0 radical (unpaired) electrons. The van der Waals surface area contributed by atoms with Gasteiger partial charge in [0.05, 0.1) is 23.4 Å². The summed E-state index contributed by atoms with van der Waals surface area (Å²) in [6.07, 6.45) is 0. The van der Waals surface area contributed by atoms with E-state index in [4.69, 9.17) is 0 Å². The van der Waals surface area contributed by atoms with E-state index < -0.39 is 6.03 Å². The van der Waals surface area contributed by atoms with E-state index in [1.54, 1.807) is 13.0 Å². The molecular weight excluding hydrogens is 391 g/mol. The molecule has 0 fully saturated rings. The van der Waals surface area contributed by atoms with Crippen LogP contribution in [0, 0.1) is 35.9 Å². The van der Waals surface area contributed by atoms with Crippen molar-refractivity contribution in [1.82, 2.24) is 0 Å². The van der Waals surface area contributed by atoms with Gasteiger partial charge in [-0.25, -0.2) is 9.18 Å². The molecule has 0 aromatic heterocycles. The molecular formula is C25H33FN4O. The van der Waals surface area contributed by atoms with Gasteiger partial charge in [-0.3, -0.25) is 0 Å². The van der Waals surface area contributed by atoms with Gasteiger partial charge < -0.3 is 15.5 Å². The molecule has 2 aromatic carbocycles. The highest BCUT2D eigenvalue weighted by atomic mass is 19.1. The average molecular weight is 425 g/mol. The minimum absolute atomic E-state index is 0.291. The minimum atomic E-state index is -0.410. The average Bonchev–Trinajstić information content (AvgIpc) is 2.68. The van der Waals surface area contributed by atoms with Crippen molar-refractivity contribution in [2.45, 2.75) is 47.5 Å². The van der Waals surface area contributed by atoms with Gasteiger partial charge >= 0.3 is 6.03 Å². The number of nitrogens with zero attached hydrogens (tertiary/aromatic N) is 2. The van der Waals surface area contributed by atoms with Crippen LogP contribution >= 0.6 is 0 Å². The van der Waals surface area contributed by atoms with E-state index in [1.165, 1.54) is 12.1 Å². The summed E-state index contributed by atoms with van der Waals surface area (Å²) in [4.78, 5) is 15.1. The quantitative estimate of drug-likeness (QED) is 0.507. The Morgan fingerprint density at radius 3 is 2.16 bits per heavy atom. The highest BCUT2D eigenvalue weighted by Gasteiger charge is 2.18. The Kier molecular flexibility index (Phi) is 8.44. The van der Waals surface area contributed by atoms with Crippen LogP contribution in [0.15, 0.2) is 36.4 Å². The predicted octanol–water partition coefficient (Wildman–Crippen LogP) is 6.52. The summed E-state index contributed by atoms with van der Waals surface area (Å²) in [7, 11) is 0. The van der Waals surface area contributed by atoms with Crippen molar-refractivity contribution in [2.24, 2.45) is 11.8 Å². The second-order valence-electron chi connectivity index (χ2n) is 8.86. The smallest absolute Gasteiger partial charge is 0.323 e. The number of urea groups is 1. The van der Waals surface area contributed by atoms with Crippen LogP contribution in [0.2, 0.25) is 0 Å². The fourth-order valence-corrected chi connectivity index (χ4v) is 3.47. The van der Waals surface area contributed by atoms with Crippen LogP contribution in [-0.4, -0.2) is 19.1 Å². The fourth-order valence-electron chi connectivity index (χ4n) is 3.47. The van der Waals surface area contributed by atoms with Crippen LogP contribution in [0.5, 0.6) is 0 Å². The normalized spacial score (nSPS) is 11.9. The zero-order valence-electron chi connectivity index (χ0n) is 19.3. The third-order valence-electron chi connectivity index (χ3n) is 4.91. The van der Waals surface area contributed by atoms with E-state index in [1.807, 2.05) is 25.1 Å². The summed E-state index contributed by atoms with van der Waals surface area (Å²) < 4.78 is 13.4. The maximum Gasteiger partial charge on any atom is 0.323 e. The number of nitriles is 1. The largest absolute Gasteiger partial charge is 0.369 e. The molecule has 166 valence electrons. The molecule has 0 heterocycles. The third-order valence-corrected chi connectivity index (χ3v) is 4.91. The molecule has 2 amide bonds. The number of benzene rings is 2. The van der Waals surface area contributed by atoms with Crippen molar-refractivity contribution in [3.63, 3.8) is 0 Å². The molecule has 0 bridgehead atoms. The lowest BCUT2D eigenvalue weighted by atomic mass is 10.0. The number of carbonyl (C=O) groups is 1. The number of rotatable bonds is 8. The summed E-state index contributed by atoms with van der Waals surface area (Å²) in [5.41, 5.74) is 3.60. The number of aryl methyl sites for hydroxylation is 1. The van der Waals surface area contributed by atoms with Crippen molar-refractivity contribution in [1.29, 1.82) is 5.26 Å². The monoisotopic (exact) mass is 424 g/mol. The van der Waals surface area contributed by atoms with Gasteiger partial charge in [0.1, 0.15) is 5.82 Å². The molecule has 0 aliphatic carbocycles. The number of hydrogen-bond acceptors (Lipinski definition) is 3. The number of anilines is 3. The molecule has 1 atom stereocenters. The minimum Gasteiger partial charge on any atom is -0.369 e. The zero-order valence-corrected chi connectivity index (χ0v) is 19.3. The second-order valence-corrected chi connectivity index (χ2v) is 8.86. The van der Waals surface area contributed by atoms with Crippen molar-refractivity contribution in [3.8, 4) is 6.07 Å². The molecule has 0 aliphatic heterocycles. The lowest BCUT2D eigenvalue weighted by Crippen LogP contribution is -2.32. The third kappa shape index (κ3) is 6.99. The number of nitrogens with one attached hydrogen (secondary N) is 2. The Bertz CT molecular complexity index is 939. The predicted molar refractivity (Wildman–Crippen MR) is 126 cm³/mol. The number of amides is 2. The molecule has 0 saturated carbocycles. The van der Waals surface area contributed by atoms with Gasteiger partial charge in [-0.1, -0.05) is 33.8 Å². The van der Waals surface area contributed by atoms with E-state index in [2.05, 4.69) is 49.3 Å². The highest BCUT2D eigenvalue weighted by molar-refractivity contribution is 6.02. The second kappa shape index (κ2) is 10.8. The van der Waals surface area contributed by atoms with Crippen molar-refractivity contribution < 1.29 is 9.18 Å². The maximum atomic E-state index is 13.4. The lowest BCUT2D eigenvalue weighted by molar-refractivity contribution is 0.262. The van der Waals surface area contributed by atoms with Gasteiger partial charge in [0.15, 0.2) is 0 Å². The first-order chi connectivity index (χ1) is 14.6. The van der Waals surface area contributed by atoms with E-state index >= 15 is 0 Å². The topological polar surface area (TPSA) is 68.2 Å².